The molecular formula is C10H18F3NO3S. The lowest BCUT2D eigenvalue weighted by Gasteiger charge is -2.07. The van der Waals surface area contributed by atoms with Crippen molar-refractivity contribution in [1.82, 2.24) is 5.32 Å². The molecule has 0 fully saturated rings. The summed E-state index contributed by atoms with van der Waals surface area (Å²) in [5.41, 5.74) is -4.72. The number of rotatable bonds is 9. The Labute approximate surface area is 107 Å². The van der Waals surface area contributed by atoms with Crippen molar-refractivity contribution >= 4 is 16.7 Å². The first-order chi connectivity index (χ1) is 8.38. The Morgan fingerprint density at radius 3 is 2.56 bits per heavy atom. The first kappa shape index (κ1) is 17.4. The Morgan fingerprint density at radius 1 is 1.33 bits per heavy atom. The Hall–Kier alpha value is -0.630. The highest BCUT2D eigenvalue weighted by Crippen LogP contribution is 2.19. The van der Waals surface area contributed by atoms with E-state index in [9.17, 15) is 22.2 Å². The van der Waals surface area contributed by atoms with E-state index >= 15 is 0 Å². The average molecular weight is 289 g/mol. The van der Waals surface area contributed by atoms with Crippen LogP contribution >= 0.6 is 0 Å². The molecule has 0 aliphatic heterocycles. The number of alkyl halides is 3. The third kappa shape index (κ3) is 9.41. The van der Waals surface area contributed by atoms with Gasteiger partial charge in [-0.15, -0.1) is 0 Å². The maximum atomic E-state index is 11.9. The lowest BCUT2D eigenvalue weighted by Crippen LogP contribution is -2.33. The van der Waals surface area contributed by atoms with E-state index in [0.717, 1.165) is 19.3 Å². The van der Waals surface area contributed by atoms with Crippen molar-refractivity contribution < 1.29 is 26.9 Å². The molecule has 18 heavy (non-hydrogen) atoms. The molecule has 4 nitrogen and oxygen atoms in total. The highest BCUT2D eigenvalue weighted by molar-refractivity contribution is 7.85. The van der Waals surface area contributed by atoms with Gasteiger partial charge in [-0.3, -0.25) is 9.00 Å². The zero-order valence-electron chi connectivity index (χ0n) is 10.2. The number of halogens is 3. The van der Waals surface area contributed by atoms with Crippen LogP contribution in [0.2, 0.25) is 0 Å². The third-order valence-corrected chi connectivity index (χ3v) is 3.08. The van der Waals surface area contributed by atoms with Crippen LogP contribution in [0.3, 0.4) is 0 Å². The number of carbonyl (C=O) groups excluding carboxylic acids is 1. The summed E-state index contributed by atoms with van der Waals surface area (Å²) in [6, 6.07) is 0. The summed E-state index contributed by atoms with van der Waals surface area (Å²) >= 11 is 0. The fourth-order valence-corrected chi connectivity index (χ4v) is 1.59. The first-order valence-electron chi connectivity index (χ1n) is 5.67. The van der Waals surface area contributed by atoms with Gasteiger partial charge in [-0.2, -0.15) is 13.2 Å². The van der Waals surface area contributed by atoms with Crippen molar-refractivity contribution in [3.8, 4) is 0 Å². The molecule has 0 spiro atoms. The molecule has 1 N–H and O–H groups in total. The van der Waals surface area contributed by atoms with Crippen LogP contribution in [0, 0.1) is 0 Å². The number of ether oxygens (including phenoxy) is 1. The fraction of sp³-hybridized carbons (Fsp3) is 0.900. The van der Waals surface area contributed by atoms with Crippen molar-refractivity contribution in [2.75, 3.05) is 25.5 Å². The highest BCUT2D eigenvalue weighted by Gasteiger charge is 2.36. The molecule has 0 saturated carbocycles. The van der Waals surface area contributed by atoms with E-state index in [-0.39, 0.29) is 13.2 Å². The smallest absolute Gasteiger partial charge is 0.372 e. The zero-order valence-corrected chi connectivity index (χ0v) is 11.0. The number of carbonyl (C=O) groups is 1. The van der Waals surface area contributed by atoms with Gasteiger partial charge in [-0.25, -0.2) is 0 Å². The topological polar surface area (TPSA) is 55.4 Å². The molecule has 1 atom stereocenters. The van der Waals surface area contributed by atoms with Crippen molar-refractivity contribution in [2.45, 2.75) is 31.7 Å². The molecule has 108 valence electrons. The summed E-state index contributed by atoms with van der Waals surface area (Å²) in [6.07, 6.45) is 2.90. The van der Waals surface area contributed by atoms with E-state index in [4.69, 9.17) is 4.74 Å². The van der Waals surface area contributed by atoms with Gasteiger partial charge in [0.25, 0.3) is 0 Å². The summed E-state index contributed by atoms with van der Waals surface area (Å²) in [4.78, 5) is 11.1. The SMILES string of the molecule is CCCCCOCC(=O)NCCS(=O)C(F)(F)F. The zero-order chi connectivity index (χ0) is 14.0. The predicted molar refractivity (Wildman–Crippen MR) is 62.4 cm³/mol. The quantitative estimate of drug-likeness (QED) is 0.656. The maximum absolute atomic E-state index is 11.9. The number of hydrogen-bond donors (Lipinski definition) is 1. The number of hydrogen-bond acceptors (Lipinski definition) is 3. The fourth-order valence-electron chi connectivity index (χ4n) is 1.07. The van der Waals surface area contributed by atoms with Gasteiger partial charge < -0.3 is 10.1 Å². The normalized spacial score (nSPS) is 13.3. The molecule has 8 heteroatoms. The van der Waals surface area contributed by atoms with Crippen molar-refractivity contribution in [3.63, 3.8) is 0 Å². The van der Waals surface area contributed by atoms with Crippen LogP contribution < -0.4 is 5.32 Å². The second kappa shape index (κ2) is 9.32. The summed E-state index contributed by atoms with van der Waals surface area (Å²) in [5, 5.41) is 2.22. The molecule has 0 rings (SSSR count). The minimum absolute atomic E-state index is 0.178. The molecule has 0 radical (unpaired) electrons. The molecule has 0 heterocycles. The molecule has 0 bridgehead atoms. The van der Waals surface area contributed by atoms with Gasteiger partial charge in [0.2, 0.25) is 5.91 Å². The molecule has 0 saturated heterocycles. The lowest BCUT2D eigenvalue weighted by molar-refractivity contribution is -0.125. The molecule has 0 aliphatic rings. The summed E-state index contributed by atoms with van der Waals surface area (Å²) in [7, 11) is -2.92. The number of amides is 1. The Kier molecular flexibility index (Phi) is 8.99. The van der Waals surface area contributed by atoms with E-state index in [1.807, 2.05) is 6.92 Å². The largest absolute Gasteiger partial charge is 0.471 e. The first-order valence-corrected chi connectivity index (χ1v) is 6.99. The van der Waals surface area contributed by atoms with Crippen LogP contribution in [-0.4, -0.2) is 41.1 Å². The Bertz CT molecular complexity index is 272. The van der Waals surface area contributed by atoms with E-state index in [1.165, 1.54) is 0 Å². The van der Waals surface area contributed by atoms with Gasteiger partial charge in [0.15, 0.2) is 0 Å². The lowest BCUT2D eigenvalue weighted by atomic mass is 10.3. The van der Waals surface area contributed by atoms with Gasteiger partial charge in [-0.1, -0.05) is 19.8 Å². The average Bonchev–Trinajstić information content (AvgIpc) is 2.27. The highest BCUT2D eigenvalue weighted by atomic mass is 32.2. The second-order valence-corrected chi connectivity index (χ2v) is 5.17. The van der Waals surface area contributed by atoms with E-state index in [0.29, 0.717) is 6.61 Å². The van der Waals surface area contributed by atoms with E-state index in [2.05, 4.69) is 5.32 Å². The standard InChI is InChI=1S/C10H18F3NO3S/c1-2-3-4-6-17-8-9(15)14-5-7-18(16)10(11,12)13/h2-8H2,1H3,(H,14,15). The molecule has 1 amide bonds. The molecular weight excluding hydrogens is 271 g/mol. The predicted octanol–water partition coefficient (Wildman–Crippen LogP) is 1.58. The summed E-state index contributed by atoms with van der Waals surface area (Å²) < 4.78 is 51.2. The van der Waals surface area contributed by atoms with Crippen LogP contribution in [0.4, 0.5) is 13.2 Å². The van der Waals surface area contributed by atoms with E-state index < -0.39 is 28.0 Å². The van der Waals surface area contributed by atoms with Crippen molar-refractivity contribution in [3.05, 3.63) is 0 Å². The minimum Gasteiger partial charge on any atom is -0.372 e. The Balaban J connectivity index is 3.51. The molecule has 0 aromatic rings. The van der Waals surface area contributed by atoms with Gasteiger partial charge >= 0.3 is 5.51 Å². The minimum atomic E-state index is -4.72. The van der Waals surface area contributed by atoms with E-state index in [1.54, 1.807) is 0 Å². The summed E-state index contributed by atoms with van der Waals surface area (Å²) in [5.74, 6) is -1.13. The molecule has 0 aromatic carbocycles. The number of nitrogens with one attached hydrogen (secondary N) is 1. The summed E-state index contributed by atoms with van der Waals surface area (Å²) in [6.45, 7) is 2.04. The monoisotopic (exact) mass is 289 g/mol. The van der Waals surface area contributed by atoms with Crippen LogP contribution in [0.5, 0.6) is 0 Å². The van der Waals surface area contributed by atoms with Crippen molar-refractivity contribution in [2.24, 2.45) is 0 Å². The molecule has 0 aliphatic carbocycles. The van der Waals surface area contributed by atoms with Gasteiger partial charge in [-0.05, 0) is 6.42 Å². The van der Waals surface area contributed by atoms with Gasteiger partial charge in [0.05, 0.1) is 0 Å². The third-order valence-electron chi connectivity index (χ3n) is 1.99. The van der Waals surface area contributed by atoms with Gasteiger partial charge in [0.1, 0.15) is 17.4 Å². The molecule has 1 unspecified atom stereocenters. The molecule has 0 aromatic heterocycles. The van der Waals surface area contributed by atoms with Crippen LogP contribution in [-0.2, 0) is 20.3 Å². The maximum Gasteiger partial charge on any atom is 0.471 e. The van der Waals surface area contributed by atoms with Crippen LogP contribution in [0.1, 0.15) is 26.2 Å². The van der Waals surface area contributed by atoms with Gasteiger partial charge in [0, 0.05) is 18.9 Å². The second-order valence-electron chi connectivity index (χ2n) is 3.61. The Morgan fingerprint density at radius 2 is 2.00 bits per heavy atom. The van der Waals surface area contributed by atoms with Crippen LogP contribution in [0.15, 0.2) is 0 Å². The van der Waals surface area contributed by atoms with Crippen LogP contribution in [0.25, 0.3) is 0 Å². The number of unbranched alkanes of at least 4 members (excludes halogenated alkanes) is 2. The van der Waals surface area contributed by atoms with Crippen molar-refractivity contribution in [1.29, 1.82) is 0 Å².